The summed E-state index contributed by atoms with van der Waals surface area (Å²) in [5.74, 6) is 2.38. The third-order valence-electron chi connectivity index (χ3n) is 3.52. The van der Waals surface area contributed by atoms with E-state index in [4.69, 9.17) is 5.73 Å². The molecule has 3 rings (SSSR count). The fraction of sp³-hybridized carbons (Fsp3) is 0.429. The van der Waals surface area contributed by atoms with Crippen molar-refractivity contribution in [2.75, 3.05) is 11.5 Å². The van der Waals surface area contributed by atoms with Crippen LogP contribution < -0.4 is 5.73 Å². The minimum Gasteiger partial charge on any atom is -0.368 e. The van der Waals surface area contributed by atoms with Crippen LogP contribution in [-0.4, -0.2) is 15.7 Å². The summed E-state index contributed by atoms with van der Waals surface area (Å²) in [7, 11) is 0. The van der Waals surface area contributed by atoms with Crippen molar-refractivity contribution >= 4 is 28.6 Å². The van der Waals surface area contributed by atoms with Crippen molar-refractivity contribution in [1.29, 1.82) is 0 Å². The Balaban J connectivity index is 1.85. The molecule has 0 amide bonds. The molecule has 1 aliphatic carbocycles. The van der Waals surface area contributed by atoms with Crippen LogP contribution >= 0.6 is 11.8 Å². The van der Waals surface area contributed by atoms with E-state index < -0.39 is 0 Å². The van der Waals surface area contributed by atoms with Gasteiger partial charge >= 0.3 is 0 Å². The smallest absolute Gasteiger partial charge is 0.221 e. The van der Waals surface area contributed by atoms with E-state index in [1.54, 1.807) is 0 Å². The van der Waals surface area contributed by atoms with Crippen LogP contribution in [-0.2, 0) is 0 Å². The number of fused-ring (bicyclic) bond motifs is 1. The third-order valence-corrected chi connectivity index (χ3v) is 4.74. The lowest BCUT2D eigenvalue weighted by molar-refractivity contribution is 0.623. The van der Waals surface area contributed by atoms with E-state index in [0.717, 1.165) is 27.6 Å². The second-order valence-corrected chi connectivity index (χ2v) is 5.87. The third kappa shape index (κ3) is 2.43. The number of hydrogen-bond donors (Lipinski definition) is 1. The molecular weight excluding hydrogens is 242 g/mol. The van der Waals surface area contributed by atoms with Gasteiger partial charge in [-0.05, 0) is 24.8 Å². The first-order chi connectivity index (χ1) is 8.83. The van der Waals surface area contributed by atoms with Crippen LogP contribution in [0.15, 0.2) is 29.3 Å². The van der Waals surface area contributed by atoms with Gasteiger partial charge in [-0.3, -0.25) is 0 Å². The monoisotopic (exact) mass is 259 g/mol. The molecule has 0 spiro atoms. The SMILES string of the molecule is Nc1nc(SCC2CCCC2)c2ccccc2n1. The molecular formula is C14H17N3S. The molecule has 0 saturated heterocycles. The summed E-state index contributed by atoms with van der Waals surface area (Å²) < 4.78 is 0. The van der Waals surface area contributed by atoms with E-state index in [-0.39, 0.29) is 0 Å². The van der Waals surface area contributed by atoms with Gasteiger partial charge in [0.2, 0.25) is 5.95 Å². The van der Waals surface area contributed by atoms with Crippen LogP contribution in [0.4, 0.5) is 5.95 Å². The standard InChI is InChI=1S/C14H17N3S/c15-14-16-12-8-4-3-7-11(12)13(17-14)18-9-10-5-1-2-6-10/h3-4,7-8,10H,1-2,5-6,9H2,(H2,15,16,17). The van der Waals surface area contributed by atoms with E-state index >= 15 is 0 Å². The first-order valence-corrected chi connectivity index (χ1v) is 7.46. The first kappa shape index (κ1) is 11.8. The van der Waals surface area contributed by atoms with Crippen molar-refractivity contribution in [2.24, 2.45) is 5.92 Å². The van der Waals surface area contributed by atoms with Gasteiger partial charge in [-0.25, -0.2) is 9.97 Å². The zero-order valence-electron chi connectivity index (χ0n) is 10.3. The minimum absolute atomic E-state index is 0.377. The summed E-state index contributed by atoms with van der Waals surface area (Å²) in [4.78, 5) is 8.66. The lowest BCUT2D eigenvalue weighted by Crippen LogP contribution is -2.00. The molecule has 1 fully saturated rings. The number of para-hydroxylation sites is 1. The number of nitrogens with zero attached hydrogens (tertiary/aromatic N) is 2. The van der Waals surface area contributed by atoms with E-state index in [9.17, 15) is 0 Å². The molecule has 1 aliphatic rings. The fourth-order valence-electron chi connectivity index (χ4n) is 2.55. The van der Waals surface area contributed by atoms with E-state index in [0.29, 0.717) is 5.95 Å². The maximum atomic E-state index is 5.77. The summed E-state index contributed by atoms with van der Waals surface area (Å²) in [5.41, 5.74) is 6.72. The Bertz CT molecular complexity index is 550. The number of thioether (sulfide) groups is 1. The Morgan fingerprint density at radius 1 is 1.17 bits per heavy atom. The minimum atomic E-state index is 0.377. The fourth-order valence-corrected chi connectivity index (χ4v) is 3.76. The highest BCUT2D eigenvalue weighted by Crippen LogP contribution is 2.32. The van der Waals surface area contributed by atoms with Crippen LogP contribution in [0, 0.1) is 5.92 Å². The van der Waals surface area contributed by atoms with Crippen LogP contribution in [0.2, 0.25) is 0 Å². The molecule has 4 heteroatoms. The molecule has 1 saturated carbocycles. The zero-order valence-corrected chi connectivity index (χ0v) is 11.1. The van der Waals surface area contributed by atoms with Crippen molar-refractivity contribution in [3.63, 3.8) is 0 Å². The van der Waals surface area contributed by atoms with Crippen molar-refractivity contribution in [3.8, 4) is 0 Å². The van der Waals surface area contributed by atoms with Crippen molar-refractivity contribution in [1.82, 2.24) is 9.97 Å². The number of benzene rings is 1. The molecule has 2 aromatic rings. The zero-order chi connectivity index (χ0) is 12.4. The Morgan fingerprint density at radius 2 is 1.94 bits per heavy atom. The molecule has 1 aromatic carbocycles. The highest BCUT2D eigenvalue weighted by Gasteiger charge is 2.16. The van der Waals surface area contributed by atoms with Crippen LogP contribution in [0.1, 0.15) is 25.7 Å². The number of anilines is 1. The number of aromatic nitrogens is 2. The molecule has 0 unspecified atom stereocenters. The van der Waals surface area contributed by atoms with Crippen LogP contribution in [0.25, 0.3) is 10.9 Å². The molecule has 94 valence electrons. The number of rotatable bonds is 3. The quantitative estimate of drug-likeness (QED) is 0.677. The molecule has 1 heterocycles. The Labute approximate surface area is 111 Å². The van der Waals surface area contributed by atoms with Crippen LogP contribution in [0.3, 0.4) is 0 Å². The lowest BCUT2D eigenvalue weighted by atomic mass is 10.1. The molecule has 1 aromatic heterocycles. The summed E-state index contributed by atoms with van der Waals surface area (Å²) in [5, 5.41) is 2.15. The largest absolute Gasteiger partial charge is 0.368 e. The van der Waals surface area contributed by atoms with Gasteiger partial charge in [0.15, 0.2) is 0 Å². The molecule has 0 aliphatic heterocycles. The molecule has 0 radical (unpaired) electrons. The van der Waals surface area contributed by atoms with Gasteiger partial charge in [-0.15, -0.1) is 11.8 Å². The van der Waals surface area contributed by atoms with Gasteiger partial charge in [0.05, 0.1) is 5.52 Å². The van der Waals surface area contributed by atoms with Gasteiger partial charge in [0.1, 0.15) is 5.03 Å². The first-order valence-electron chi connectivity index (χ1n) is 6.48. The molecule has 0 atom stereocenters. The topological polar surface area (TPSA) is 51.8 Å². The van der Waals surface area contributed by atoms with Crippen LogP contribution in [0.5, 0.6) is 0 Å². The Hall–Kier alpha value is -1.29. The number of nitrogen functional groups attached to an aromatic ring is 1. The Kier molecular flexibility index (Phi) is 3.37. The van der Waals surface area contributed by atoms with Gasteiger partial charge < -0.3 is 5.73 Å². The molecule has 18 heavy (non-hydrogen) atoms. The van der Waals surface area contributed by atoms with Gasteiger partial charge in [-0.1, -0.05) is 31.0 Å². The molecule has 3 nitrogen and oxygen atoms in total. The van der Waals surface area contributed by atoms with Gasteiger partial charge in [0.25, 0.3) is 0 Å². The molecule has 2 N–H and O–H groups in total. The predicted octanol–water partition coefficient (Wildman–Crippen LogP) is 3.49. The lowest BCUT2D eigenvalue weighted by Gasteiger charge is -2.09. The summed E-state index contributed by atoms with van der Waals surface area (Å²) in [6.45, 7) is 0. The van der Waals surface area contributed by atoms with Crippen molar-refractivity contribution in [3.05, 3.63) is 24.3 Å². The summed E-state index contributed by atoms with van der Waals surface area (Å²) in [6, 6.07) is 8.08. The number of nitrogens with two attached hydrogens (primary N) is 1. The van der Waals surface area contributed by atoms with Gasteiger partial charge in [-0.2, -0.15) is 0 Å². The van der Waals surface area contributed by atoms with Crippen molar-refractivity contribution in [2.45, 2.75) is 30.7 Å². The highest BCUT2D eigenvalue weighted by molar-refractivity contribution is 7.99. The average molecular weight is 259 g/mol. The van der Waals surface area contributed by atoms with E-state index in [1.807, 2.05) is 30.0 Å². The summed E-state index contributed by atoms with van der Waals surface area (Å²) >= 11 is 1.83. The maximum Gasteiger partial charge on any atom is 0.221 e. The molecule has 0 bridgehead atoms. The average Bonchev–Trinajstić information content (AvgIpc) is 2.89. The normalized spacial score (nSPS) is 16.4. The summed E-state index contributed by atoms with van der Waals surface area (Å²) in [6.07, 6.45) is 5.51. The predicted molar refractivity (Wildman–Crippen MR) is 76.6 cm³/mol. The Morgan fingerprint density at radius 3 is 2.78 bits per heavy atom. The second kappa shape index (κ2) is 5.14. The second-order valence-electron chi connectivity index (χ2n) is 4.87. The highest BCUT2D eigenvalue weighted by atomic mass is 32.2. The number of hydrogen-bond acceptors (Lipinski definition) is 4. The van der Waals surface area contributed by atoms with E-state index in [1.165, 1.54) is 25.7 Å². The van der Waals surface area contributed by atoms with E-state index in [2.05, 4.69) is 16.0 Å². The van der Waals surface area contributed by atoms with Gasteiger partial charge in [0, 0.05) is 11.1 Å². The van der Waals surface area contributed by atoms with Crippen molar-refractivity contribution < 1.29 is 0 Å². The maximum absolute atomic E-state index is 5.77.